The maximum Gasteiger partial charge on any atom is 0.256 e. The molecule has 0 fully saturated rings. The van der Waals surface area contributed by atoms with Crippen molar-refractivity contribution in [3.63, 3.8) is 0 Å². The average Bonchev–Trinajstić information content (AvgIpc) is 3.15. The summed E-state index contributed by atoms with van der Waals surface area (Å²) in [7, 11) is 3.11. The van der Waals surface area contributed by atoms with Gasteiger partial charge in [-0.15, -0.1) is 11.3 Å². The number of ether oxygens (including phenoxy) is 1. The number of rotatable bonds is 7. The fourth-order valence-electron chi connectivity index (χ4n) is 3.05. The molecular weight excluding hydrogens is 453 g/mol. The van der Waals surface area contributed by atoms with E-state index in [1.165, 1.54) is 28.4 Å². The molecule has 0 radical (unpaired) electrons. The molecule has 2 aromatic heterocycles. The lowest BCUT2D eigenvalue weighted by Crippen LogP contribution is -2.22. The first-order valence-corrected chi connectivity index (χ1v) is 11.3. The Labute approximate surface area is 202 Å². The summed E-state index contributed by atoms with van der Waals surface area (Å²) < 4.78 is 20.2. The monoisotopic (exact) mass is 479 g/mol. The maximum atomic E-state index is 14.4. The number of carbonyl (C=O) groups is 2. The summed E-state index contributed by atoms with van der Waals surface area (Å²) in [6, 6.07) is 9.57. The lowest BCUT2D eigenvalue weighted by molar-refractivity contribution is -0.112. The molecule has 3 aromatic rings. The number of hydrogen-bond donors (Lipinski definition) is 1. The zero-order valence-corrected chi connectivity index (χ0v) is 20.5. The van der Waals surface area contributed by atoms with Gasteiger partial charge in [0.15, 0.2) is 0 Å². The molecule has 0 aliphatic rings. The number of hydrogen-bond acceptors (Lipinski definition) is 5. The SMILES string of the molecule is C=C(Oc1ccc(C(=O)N(C)C)c(F)c1)c1cc(C)sc1/C=C(\C)C(=O)Nc1ccc(C)cn1. The number of pyridine rings is 1. The zero-order chi connectivity index (χ0) is 25.0. The van der Waals surface area contributed by atoms with E-state index in [1.54, 1.807) is 39.4 Å². The average molecular weight is 480 g/mol. The van der Waals surface area contributed by atoms with Crippen LogP contribution in [0.4, 0.5) is 10.2 Å². The topological polar surface area (TPSA) is 71.5 Å². The van der Waals surface area contributed by atoms with E-state index in [0.717, 1.165) is 21.4 Å². The van der Waals surface area contributed by atoms with Crippen LogP contribution in [-0.2, 0) is 4.79 Å². The fourth-order valence-corrected chi connectivity index (χ4v) is 4.09. The van der Waals surface area contributed by atoms with Crippen molar-refractivity contribution in [3.05, 3.63) is 87.0 Å². The van der Waals surface area contributed by atoms with Crippen molar-refractivity contribution in [2.75, 3.05) is 19.4 Å². The number of carbonyl (C=O) groups excluding carboxylic acids is 2. The highest BCUT2D eigenvalue weighted by Crippen LogP contribution is 2.31. The van der Waals surface area contributed by atoms with Gasteiger partial charge in [0.2, 0.25) is 0 Å². The lowest BCUT2D eigenvalue weighted by atomic mass is 10.1. The van der Waals surface area contributed by atoms with Gasteiger partial charge in [-0.05, 0) is 56.7 Å². The first-order chi connectivity index (χ1) is 16.0. The Hall–Kier alpha value is -3.78. The Morgan fingerprint density at radius 2 is 1.88 bits per heavy atom. The van der Waals surface area contributed by atoms with E-state index in [2.05, 4.69) is 16.9 Å². The largest absolute Gasteiger partial charge is 0.457 e. The third-order valence-electron chi connectivity index (χ3n) is 4.86. The second-order valence-corrected chi connectivity index (χ2v) is 9.29. The highest BCUT2D eigenvalue weighted by Gasteiger charge is 2.17. The van der Waals surface area contributed by atoms with Crippen molar-refractivity contribution in [1.82, 2.24) is 9.88 Å². The van der Waals surface area contributed by atoms with Gasteiger partial charge in [-0.1, -0.05) is 12.6 Å². The van der Waals surface area contributed by atoms with Crippen LogP contribution in [0.25, 0.3) is 11.8 Å². The summed E-state index contributed by atoms with van der Waals surface area (Å²) in [4.78, 5) is 31.9. The minimum absolute atomic E-state index is 0.0392. The molecule has 2 amide bonds. The molecule has 176 valence electrons. The molecule has 3 rings (SSSR count). The molecule has 2 heterocycles. The van der Waals surface area contributed by atoms with E-state index in [0.29, 0.717) is 22.7 Å². The summed E-state index contributed by atoms with van der Waals surface area (Å²) in [6.07, 6.45) is 3.44. The van der Waals surface area contributed by atoms with E-state index < -0.39 is 11.7 Å². The van der Waals surface area contributed by atoms with Crippen LogP contribution in [0, 0.1) is 19.7 Å². The van der Waals surface area contributed by atoms with E-state index in [1.807, 2.05) is 26.0 Å². The molecular formula is C26H26FN3O3S. The molecule has 1 N–H and O–H groups in total. The number of benzene rings is 1. The molecule has 34 heavy (non-hydrogen) atoms. The highest BCUT2D eigenvalue weighted by molar-refractivity contribution is 7.13. The summed E-state index contributed by atoms with van der Waals surface area (Å²) in [5.74, 6) is -0.396. The minimum atomic E-state index is -0.678. The summed E-state index contributed by atoms with van der Waals surface area (Å²) >= 11 is 1.48. The maximum absolute atomic E-state index is 14.4. The Morgan fingerprint density at radius 3 is 2.50 bits per heavy atom. The number of aryl methyl sites for hydroxylation is 2. The summed E-state index contributed by atoms with van der Waals surface area (Å²) in [6.45, 7) is 9.55. The second-order valence-electron chi connectivity index (χ2n) is 8.00. The number of nitrogens with zero attached hydrogens (tertiary/aromatic N) is 2. The van der Waals surface area contributed by atoms with Gasteiger partial charge in [-0.2, -0.15) is 0 Å². The number of aromatic nitrogens is 1. The van der Waals surface area contributed by atoms with Gasteiger partial charge in [0, 0.05) is 47.2 Å². The van der Waals surface area contributed by atoms with Crippen molar-refractivity contribution >= 4 is 40.8 Å². The first kappa shape index (κ1) is 24.9. The quantitative estimate of drug-likeness (QED) is 0.349. The molecule has 0 spiro atoms. The highest BCUT2D eigenvalue weighted by atomic mass is 32.1. The molecule has 8 heteroatoms. The number of nitrogens with one attached hydrogen (secondary N) is 1. The molecule has 0 unspecified atom stereocenters. The van der Waals surface area contributed by atoms with Gasteiger partial charge in [0.1, 0.15) is 23.1 Å². The Kier molecular flexibility index (Phi) is 7.63. The standard InChI is InChI=1S/C26H26FN3O3S/c1-15-7-10-24(28-14-15)29-25(31)16(2)11-23-21(12-17(3)34-23)18(4)33-19-8-9-20(22(27)13-19)26(32)30(5)6/h7-14H,4H2,1-3,5-6H3,(H,28,29,31)/b16-11+. The molecule has 1 aromatic carbocycles. The van der Waals surface area contributed by atoms with Gasteiger partial charge in [0.25, 0.3) is 11.8 Å². The summed E-state index contributed by atoms with van der Waals surface area (Å²) in [5.41, 5.74) is 2.14. The fraction of sp³-hybridized carbons (Fsp3) is 0.192. The van der Waals surface area contributed by atoms with Crippen molar-refractivity contribution in [2.45, 2.75) is 20.8 Å². The Balaban J connectivity index is 1.78. The van der Waals surface area contributed by atoms with Crippen LogP contribution in [0.2, 0.25) is 0 Å². The van der Waals surface area contributed by atoms with Gasteiger partial charge in [0.05, 0.1) is 5.56 Å². The molecule has 0 saturated heterocycles. The van der Waals surface area contributed by atoms with Gasteiger partial charge in [-0.3, -0.25) is 9.59 Å². The molecule has 0 aliphatic carbocycles. The third-order valence-corrected chi connectivity index (χ3v) is 5.86. The minimum Gasteiger partial charge on any atom is -0.457 e. The van der Waals surface area contributed by atoms with Crippen molar-refractivity contribution < 1.29 is 18.7 Å². The van der Waals surface area contributed by atoms with E-state index in [4.69, 9.17) is 4.74 Å². The smallest absolute Gasteiger partial charge is 0.256 e. The van der Waals surface area contributed by atoms with Crippen LogP contribution in [0.3, 0.4) is 0 Å². The van der Waals surface area contributed by atoms with E-state index >= 15 is 0 Å². The summed E-state index contributed by atoms with van der Waals surface area (Å²) in [5, 5.41) is 2.77. The lowest BCUT2D eigenvalue weighted by Gasteiger charge is -2.13. The van der Waals surface area contributed by atoms with E-state index in [-0.39, 0.29) is 17.2 Å². The molecule has 0 atom stereocenters. The van der Waals surface area contributed by atoms with Crippen LogP contribution in [0.15, 0.2) is 54.7 Å². The van der Waals surface area contributed by atoms with Gasteiger partial charge < -0.3 is 15.0 Å². The first-order valence-electron chi connectivity index (χ1n) is 10.5. The number of anilines is 1. The van der Waals surface area contributed by atoms with E-state index in [9.17, 15) is 14.0 Å². The Bertz CT molecular complexity index is 1280. The predicted molar refractivity (Wildman–Crippen MR) is 134 cm³/mol. The molecule has 6 nitrogen and oxygen atoms in total. The van der Waals surface area contributed by atoms with Crippen LogP contribution < -0.4 is 10.1 Å². The number of amides is 2. The van der Waals surface area contributed by atoms with Crippen molar-refractivity contribution in [3.8, 4) is 5.75 Å². The van der Waals surface area contributed by atoms with Gasteiger partial charge >= 0.3 is 0 Å². The molecule has 0 aliphatic heterocycles. The van der Waals surface area contributed by atoms with Crippen LogP contribution in [0.1, 0.15) is 38.2 Å². The van der Waals surface area contributed by atoms with Crippen LogP contribution in [-0.4, -0.2) is 35.8 Å². The van der Waals surface area contributed by atoms with Gasteiger partial charge in [-0.25, -0.2) is 9.37 Å². The predicted octanol–water partition coefficient (Wildman–Crippen LogP) is 5.69. The van der Waals surface area contributed by atoms with Crippen LogP contribution >= 0.6 is 11.3 Å². The normalized spacial score (nSPS) is 11.2. The Morgan fingerprint density at radius 1 is 1.15 bits per heavy atom. The third kappa shape index (κ3) is 5.96. The number of thiophene rings is 1. The molecule has 0 bridgehead atoms. The number of halogens is 1. The van der Waals surface area contributed by atoms with Crippen LogP contribution in [0.5, 0.6) is 5.75 Å². The second kappa shape index (κ2) is 10.4. The molecule has 0 saturated carbocycles. The zero-order valence-electron chi connectivity index (χ0n) is 19.7. The van der Waals surface area contributed by atoms with Crippen molar-refractivity contribution in [2.24, 2.45) is 0 Å². The van der Waals surface area contributed by atoms with Crippen molar-refractivity contribution in [1.29, 1.82) is 0 Å².